The summed E-state index contributed by atoms with van der Waals surface area (Å²) in [6, 6.07) is 7.54. The lowest BCUT2D eigenvalue weighted by molar-refractivity contribution is -0.142. The van der Waals surface area contributed by atoms with Crippen LogP contribution in [-0.4, -0.2) is 35.2 Å². The minimum absolute atomic E-state index is 0. The molecular formula is C18H22F3IN6O. The number of hydrogen-bond acceptors (Lipinski definition) is 3. The number of fused-ring (bicyclic) bond motifs is 1. The molecular weight excluding hydrogens is 500 g/mol. The van der Waals surface area contributed by atoms with Crippen molar-refractivity contribution in [2.24, 2.45) is 12.0 Å². The molecule has 1 amide bonds. The third-order valence-electron chi connectivity index (χ3n) is 4.47. The highest BCUT2D eigenvalue weighted by molar-refractivity contribution is 14.0. The van der Waals surface area contributed by atoms with E-state index in [9.17, 15) is 18.0 Å². The van der Waals surface area contributed by atoms with Crippen molar-refractivity contribution in [2.45, 2.75) is 25.1 Å². The highest BCUT2D eigenvalue weighted by atomic mass is 127. The first-order chi connectivity index (χ1) is 13.3. The Morgan fingerprint density at radius 2 is 2.07 bits per heavy atom. The average molecular weight is 522 g/mol. The summed E-state index contributed by atoms with van der Waals surface area (Å²) in [5.74, 6) is 0.215. The minimum atomic E-state index is -4.52. The van der Waals surface area contributed by atoms with E-state index in [2.05, 4.69) is 26.0 Å². The maximum absolute atomic E-state index is 13.0. The Kier molecular flexibility index (Phi) is 7.49. The van der Waals surface area contributed by atoms with E-state index in [0.717, 1.165) is 15.9 Å². The fourth-order valence-corrected chi connectivity index (χ4v) is 3.21. The summed E-state index contributed by atoms with van der Waals surface area (Å²) < 4.78 is 40.3. The molecule has 1 aromatic carbocycles. The zero-order valence-electron chi connectivity index (χ0n) is 15.9. The van der Waals surface area contributed by atoms with E-state index in [1.54, 1.807) is 0 Å². The molecule has 0 radical (unpaired) electrons. The van der Waals surface area contributed by atoms with Crippen molar-refractivity contribution in [2.75, 3.05) is 18.9 Å². The Morgan fingerprint density at radius 3 is 2.76 bits per heavy atom. The molecule has 0 saturated carbocycles. The summed E-state index contributed by atoms with van der Waals surface area (Å²) in [4.78, 5) is 15.9. The van der Waals surface area contributed by atoms with Gasteiger partial charge in [-0.25, -0.2) is 0 Å². The van der Waals surface area contributed by atoms with Gasteiger partial charge in [0.2, 0.25) is 5.91 Å². The Morgan fingerprint density at radius 1 is 1.34 bits per heavy atom. The fourth-order valence-electron chi connectivity index (χ4n) is 3.21. The van der Waals surface area contributed by atoms with E-state index < -0.39 is 11.9 Å². The highest BCUT2D eigenvalue weighted by Crippen LogP contribution is 2.32. The van der Waals surface area contributed by atoms with Crippen LogP contribution in [0.3, 0.4) is 0 Å². The molecule has 1 aliphatic heterocycles. The Balaban J connectivity index is 0.00000300. The van der Waals surface area contributed by atoms with E-state index in [1.165, 1.54) is 20.3 Å². The first-order valence-corrected chi connectivity index (χ1v) is 8.71. The van der Waals surface area contributed by atoms with Gasteiger partial charge >= 0.3 is 6.18 Å². The smallest absolute Gasteiger partial charge is 0.356 e. The Bertz CT molecular complexity index is 896. The van der Waals surface area contributed by atoms with Gasteiger partial charge in [0.25, 0.3) is 0 Å². The lowest BCUT2D eigenvalue weighted by atomic mass is 9.90. The van der Waals surface area contributed by atoms with Crippen molar-refractivity contribution >= 4 is 41.5 Å². The van der Waals surface area contributed by atoms with Crippen LogP contribution in [0.5, 0.6) is 0 Å². The summed E-state index contributed by atoms with van der Waals surface area (Å²) in [5.41, 5.74) is 0.895. The van der Waals surface area contributed by atoms with E-state index in [1.807, 2.05) is 24.3 Å². The predicted octanol–water partition coefficient (Wildman–Crippen LogP) is 2.85. The molecule has 3 rings (SSSR count). The summed E-state index contributed by atoms with van der Waals surface area (Å²) >= 11 is 0. The fraction of sp³-hybridized carbons (Fsp3) is 0.389. The summed E-state index contributed by atoms with van der Waals surface area (Å²) in [6.45, 7) is 0.341. The SMILES string of the molecule is CN=C(NCc1cn(C)nc1C(F)(F)F)NCC1CC(=O)Nc2ccccc21.I. The molecule has 0 aliphatic carbocycles. The molecule has 0 fully saturated rings. The lowest BCUT2D eigenvalue weighted by Crippen LogP contribution is -2.40. The number of guanidine groups is 1. The van der Waals surface area contributed by atoms with Crippen LogP contribution in [0.25, 0.3) is 0 Å². The number of halogens is 4. The van der Waals surface area contributed by atoms with Crippen molar-refractivity contribution in [1.29, 1.82) is 0 Å². The van der Waals surface area contributed by atoms with Crippen molar-refractivity contribution < 1.29 is 18.0 Å². The topological polar surface area (TPSA) is 83.3 Å². The number of nitrogens with zero attached hydrogens (tertiary/aromatic N) is 3. The van der Waals surface area contributed by atoms with Gasteiger partial charge in [0.1, 0.15) is 0 Å². The number of aliphatic imine (C=N–C) groups is 1. The summed E-state index contributed by atoms with van der Waals surface area (Å²) in [6.07, 6.45) is -2.87. The van der Waals surface area contributed by atoms with Gasteiger partial charge in [-0.05, 0) is 11.6 Å². The van der Waals surface area contributed by atoms with E-state index in [0.29, 0.717) is 18.9 Å². The van der Waals surface area contributed by atoms with Crippen molar-refractivity contribution in [1.82, 2.24) is 20.4 Å². The first-order valence-electron chi connectivity index (χ1n) is 8.71. The van der Waals surface area contributed by atoms with Gasteiger partial charge in [0.15, 0.2) is 11.7 Å². The van der Waals surface area contributed by atoms with Crippen LogP contribution in [0.15, 0.2) is 35.5 Å². The van der Waals surface area contributed by atoms with Crippen molar-refractivity contribution in [3.05, 3.63) is 47.3 Å². The average Bonchev–Trinajstić information content (AvgIpc) is 3.02. The molecule has 29 heavy (non-hydrogen) atoms. The van der Waals surface area contributed by atoms with Crippen LogP contribution < -0.4 is 16.0 Å². The van der Waals surface area contributed by atoms with Crippen LogP contribution in [-0.2, 0) is 24.6 Å². The third kappa shape index (κ3) is 5.61. The maximum atomic E-state index is 13.0. The molecule has 3 N–H and O–H groups in total. The molecule has 0 bridgehead atoms. The van der Waals surface area contributed by atoms with E-state index in [4.69, 9.17) is 0 Å². The second-order valence-electron chi connectivity index (χ2n) is 6.52. The number of hydrogen-bond donors (Lipinski definition) is 3. The molecule has 0 spiro atoms. The Labute approximate surface area is 183 Å². The van der Waals surface area contributed by atoms with Gasteiger partial charge in [-0.3, -0.25) is 14.5 Å². The number of carbonyl (C=O) groups excluding carboxylic acids is 1. The lowest BCUT2D eigenvalue weighted by Gasteiger charge is -2.26. The molecule has 0 saturated heterocycles. The second-order valence-corrected chi connectivity index (χ2v) is 6.52. The highest BCUT2D eigenvalue weighted by Gasteiger charge is 2.36. The van der Waals surface area contributed by atoms with E-state index in [-0.39, 0.29) is 47.9 Å². The Hall–Kier alpha value is -2.31. The monoisotopic (exact) mass is 522 g/mol. The largest absolute Gasteiger partial charge is 0.435 e. The van der Waals surface area contributed by atoms with Crippen LogP contribution in [0.1, 0.15) is 29.2 Å². The number of aromatic nitrogens is 2. The number of aryl methyl sites for hydroxylation is 1. The van der Waals surface area contributed by atoms with E-state index >= 15 is 0 Å². The van der Waals surface area contributed by atoms with Gasteiger partial charge < -0.3 is 16.0 Å². The first kappa shape index (κ1) is 23.0. The number of alkyl halides is 3. The van der Waals surface area contributed by atoms with Crippen LogP contribution in [0.4, 0.5) is 18.9 Å². The van der Waals surface area contributed by atoms with Crippen molar-refractivity contribution in [3.8, 4) is 0 Å². The molecule has 2 heterocycles. The zero-order chi connectivity index (χ0) is 20.3. The normalized spacial score (nSPS) is 16.5. The molecule has 1 unspecified atom stereocenters. The summed E-state index contributed by atoms with van der Waals surface area (Å²) in [7, 11) is 2.97. The van der Waals surface area contributed by atoms with Gasteiger partial charge in [0.05, 0.1) is 0 Å². The third-order valence-corrected chi connectivity index (χ3v) is 4.47. The molecule has 11 heteroatoms. The molecule has 158 valence electrons. The molecule has 2 aromatic rings. The number of para-hydroxylation sites is 1. The molecule has 1 atom stereocenters. The molecule has 1 aromatic heterocycles. The standard InChI is InChI=1S/C18H21F3N6O.HI/c1-22-17(24-9-12-10-27(2)26-16(12)18(19,20)21)23-8-11-7-15(28)25-14-6-4-3-5-13(11)14;/h3-6,10-11H,7-9H2,1-2H3,(H,25,28)(H2,22,23,24);1H. The van der Waals surface area contributed by atoms with Gasteiger partial charge in [-0.15, -0.1) is 24.0 Å². The van der Waals surface area contributed by atoms with Gasteiger partial charge in [-0.1, -0.05) is 18.2 Å². The van der Waals surface area contributed by atoms with Crippen molar-refractivity contribution in [3.63, 3.8) is 0 Å². The van der Waals surface area contributed by atoms with Crippen LogP contribution in [0, 0.1) is 0 Å². The summed E-state index contributed by atoms with van der Waals surface area (Å²) in [5, 5.41) is 12.3. The molecule has 1 aliphatic rings. The number of carbonyl (C=O) groups is 1. The predicted molar refractivity (Wildman–Crippen MR) is 114 cm³/mol. The minimum Gasteiger partial charge on any atom is -0.356 e. The number of benzene rings is 1. The zero-order valence-corrected chi connectivity index (χ0v) is 18.2. The quantitative estimate of drug-likeness (QED) is 0.328. The van der Waals surface area contributed by atoms with Crippen LogP contribution in [0.2, 0.25) is 0 Å². The number of anilines is 1. The van der Waals surface area contributed by atoms with Gasteiger partial charge in [-0.2, -0.15) is 18.3 Å². The number of nitrogens with one attached hydrogen (secondary N) is 3. The maximum Gasteiger partial charge on any atom is 0.435 e. The van der Waals surface area contributed by atoms with Crippen LogP contribution >= 0.6 is 24.0 Å². The number of amides is 1. The van der Waals surface area contributed by atoms with Gasteiger partial charge in [0, 0.05) is 57.0 Å². The molecule has 7 nitrogen and oxygen atoms in total. The second kappa shape index (κ2) is 9.46. The number of rotatable bonds is 4.